The molecule has 1 aromatic carbocycles. The third kappa shape index (κ3) is 4.03. The van der Waals surface area contributed by atoms with E-state index in [2.05, 4.69) is 52.9 Å². The fourth-order valence-electron chi connectivity index (χ4n) is 2.51. The summed E-state index contributed by atoms with van der Waals surface area (Å²) in [5, 5.41) is 11.3. The minimum atomic E-state index is -2.00. The summed E-state index contributed by atoms with van der Waals surface area (Å²) in [4.78, 5) is 6.18. The van der Waals surface area contributed by atoms with Crippen molar-refractivity contribution in [2.75, 3.05) is 6.61 Å². The highest BCUT2D eigenvalue weighted by Gasteiger charge is 2.49. The first kappa shape index (κ1) is 18.6. The molecule has 0 unspecified atom stereocenters. The first-order valence-corrected chi connectivity index (χ1v) is 11.3. The number of nitrogens with zero attached hydrogens (tertiary/aromatic N) is 1. The van der Waals surface area contributed by atoms with Crippen LogP contribution in [0.3, 0.4) is 0 Å². The maximum absolute atomic E-state index is 9.50. The molecule has 2 atom stereocenters. The number of hydrogen-bond acceptors (Lipinski definition) is 4. The van der Waals surface area contributed by atoms with E-state index in [1.807, 2.05) is 18.2 Å². The number of benzene rings is 1. The molecule has 1 aromatic rings. The maximum Gasteiger partial charge on any atom is 0.223 e. The lowest BCUT2D eigenvalue weighted by atomic mass is 9.90. The third-order valence-corrected chi connectivity index (χ3v) is 9.46. The Hall–Kier alpha value is -0.723. The molecular weight excluding hydrogens is 306 g/mol. The first-order chi connectivity index (χ1) is 10.6. The van der Waals surface area contributed by atoms with Crippen molar-refractivity contribution in [3.63, 3.8) is 0 Å². The number of aliphatic hydroxyl groups excluding tert-OH is 1. The molecular formula is C18H31NO3Si. The zero-order valence-corrected chi connectivity index (χ0v) is 16.3. The molecule has 0 spiro atoms. The molecule has 130 valence electrons. The normalized spacial score (nSPS) is 26.7. The van der Waals surface area contributed by atoms with E-state index in [9.17, 15) is 5.11 Å². The molecule has 0 saturated carbocycles. The lowest BCUT2D eigenvalue weighted by molar-refractivity contribution is -0.350. The van der Waals surface area contributed by atoms with Gasteiger partial charge in [-0.2, -0.15) is 0 Å². The zero-order valence-electron chi connectivity index (χ0n) is 15.3. The minimum Gasteiger partial charge on any atom is -0.396 e. The van der Waals surface area contributed by atoms with Gasteiger partial charge in [0, 0.05) is 13.0 Å². The summed E-state index contributed by atoms with van der Waals surface area (Å²) in [6.45, 7) is 13.3. The highest BCUT2D eigenvalue weighted by atomic mass is 28.4. The molecule has 1 fully saturated rings. The minimum absolute atomic E-state index is 0.0301. The van der Waals surface area contributed by atoms with Crippen LogP contribution in [0.1, 0.15) is 52.2 Å². The predicted molar refractivity (Wildman–Crippen MR) is 95.1 cm³/mol. The highest BCUT2D eigenvalue weighted by molar-refractivity contribution is 6.74. The number of rotatable bonds is 5. The molecule has 1 aliphatic rings. The van der Waals surface area contributed by atoms with Crippen LogP contribution in [0.5, 0.6) is 0 Å². The molecule has 1 saturated heterocycles. The average Bonchev–Trinajstić information content (AvgIpc) is 2.76. The van der Waals surface area contributed by atoms with Gasteiger partial charge >= 0.3 is 0 Å². The topological polar surface area (TPSA) is 41.9 Å². The number of hydroxylamine groups is 2. The fraction of sp³-hybridized carbons (Fsp3) is 0.667. The molecule has 0 bridgehead atoms. The average molecular weight is 338 g/mol. The van der Waals surface area contributed by atoms with Crippen molar-refractivity contribution in [3.05, 3.63) is 35.9 Å². The van der Waals surface area contributed by atoms with E-state index in [0.29, 0.717) is 6.42 Å². The van der Waals surface area contributed by atoms with Crippen LogP contribution >= 0.6 is 0 Å². The molecule has 1 heterocycles. The highest BCUT2D eigenvalue weighted by Crippen LogP contribution is 2.45. The summed E-state index contributed by atoms with van der Waals surface area (Å²) in [7, 11) is -2.00. The van der Waals surface area contributed by atoms with Crippen molar-refractivity contribution in [1.82, 2.24) is 5.23 Å². The second-order valence-corrected chi connectivity index (χ2v) is 13.0. The lowest BCUT2D eigenvalue weighted by Crippen LogP contribution is -2.51. The third-order valence-electron chi connectivity index (χ3n) is 5.23. The van der Waals surface area contributed by atoms with Crippen molar-refractivity contribution >= 4 is 8.32 Å². The van der Waals surface area contributed by atoms with Crippen LogP contribution in [0.4, 0.5) is 0 Å². The van der Waals surface area contributed by atoms with Gasteiger partial charge in [0.1, 0.15) is 6.10 Å². The van der Waals surface area contributed by atoms with Gasteiger partial charge in [-0.25, -0.2) is 0 Å². The quantitative estimate of drug-likeness (QED) is 0.806. The van der Waals surface area contributed by atoms with Crippen LogP contribution < -0.4 is 0 Å². The Labute approximate surface area is 141 Å². The van der Waals surface area contributed by atoms with E-state index in [-0.39, 0.29) is 23.3 Å². The van der Waals surface area contributed by atoms with Gasteiger partial charge < -0.3 is 9.63 Å². The molecule has 4 nitrogen and oxygen atoms in total. The van der Waals surface area contributed by atoms with Crippen molar-refractivity contribution in [2.45, 2.75) is 70.3 Å². The Balaban J connectivity index is 2.22. The van der Waals surface area contributed by atoms with Crippen molar-refractivity contribution in [2.24, 2.45) is 0 Å². The van der Waals surface area contributed by atoms with Gasteiger partial charge in [-0.05, 0) is 37.0 Å². The van der Waals surface area contributed by atoms with E-state index >= 15 is 0 Å². The van der Waals surface area contributed by atoms with E-state index in [4.69, 9.17) is 9.36 Å². The van der Waals surface area contributed by atoms with Crippen molar-refractivity contribution in [3.8, 4) is 0 Å². The smallest absolute Gasteiger partial charge is 0.223 e. The van der Waals surface area contributed by atoms with Crippen LogP contribution in [0.15, 0.2) is 30.3 Å². The number of aliphatic hydroxyl groups is 1. The molecule has 23 heavy (non-hydrogen) atoms. The Morgan fingerprint density at radius 3 is 2.43 bits per heavy atom. The Morgan fingerprint density at radius 2 is 1.91 bits per heavy atom. The standard InChI is InChI=1S/C18H31NO3Si/c1-17(2,3)23(5,6)22-19-18(4,12-13-20)14-16(21-19)15-10-8-7-9-11-15/h7-11,16,20H,12-14H2,1-6H3/t16-,18-/m1/s1. The summed E-state index contributed by atoms with van der Waals surface area (Å²) in [6.07, 6.45) is 1.41. The van der Waals surface area contributed by atoms with Gasteiger partial charge in [0.2, 0.25) is 8.32 Å². The first-order valence-electron chi connectivity index (χ1n) is 8.41. The SMILES string of the molecule is CC(C)(C)[Si](C)(C)ON1O[C@@H](c2ccccc2)C[C@@]1(C)CCO. The molecule has 5 heteroatoms. The predicted octanol–water partition coefficient (Wildman–Crippen LogP) is 4.44. The summed E-state index contributed by atoms with van der Waals surface area (Å²) < 4.78 is 6.42. The molecule has 0 aliphatic carbocycles. The van der Waals surface area contributed by atoms with Crippen LogP contribution in [0, 0.1) is 0 Å². The molecule has 2 rings (SSSR count). The van der Waals surface area contributed by atoms with Crippen molar-refractivity contribution in [1.29, 1.82) is 0 Å². The second-order valence-electron chi connectivity index (χ2n) is 8.29. The Kier molecular flexibility index (Phi) is 5.38. The fourth-order valence-corrected chi connectivity index (χ4v) is 3.46. The van der Waals surface area contributed by atoms with E-state index in [1.54, 1.807) is 5.23 Å². The van der Waals surface area contributed by atoms with Gasteiger partial charge in [0.05, 0.1) is 5.54 Å². The summed E-state index contributed by atoms with van der Waals surface area (Å²) in [6, 6.07) is 10.2. The summed E-state index contributed by atoms with van der Waals surface area (Å²) in [5.41, 5.74) is 0.836. The van der Waals surface area contributed by atoms with Crippen molar-refractivity contribution < 1.29 is 14.5 Å². The number of hydrogen-bond donors (Lipinski definition) is 1. The zero-order chi connectivity index (χ0) is 17.3. The molecule has 1 aliphatic heterocycles. The summed E-state index contributed by atoms with van der Waals surface area (Å²) in [5.74, 6) is 0. The van der Waals surface area contributed by atoms with Gasteiger partial charge in [0.25, 0.3) is 0 Å². The van der Waals surface area contributed by atoms with E-state index in [1.165, 1.54) is 0 Å². The Bertz CT molecular complexity index is 515. The van der Waals surface area contributed by atoms with E-state index < -0.39 is 8.32 Å². The van der Waals surface area contributed by atoms with Gasteiger partial charge in [-0.15, -0.1) is 0 Å². The Morgan fingerprint density at radius 1 is 1.30 bits per heavy atom. The van der Waals surface area contributed by atoms with Crippen LogP contribution in [0.25, 0.3) is 0 Å². The second kappa shape index (κ2) is 6.65. The summed E-state index contributed by atoms with van der Waals surface area (Å²) >= 11 is 0. The molecule has 0 aromatic heterocycles. The maximum atomic E-state index is 9.50. The van der Waals surface area contributed by atoms with Crippen LogP contribution in [0.2, 0.25) is 18.1 Å². The molecule has 0 radical (unpaired) electrons. The van der Waals surface area contributed by atoms with E-state index in [0.717, 1.165) is 12.0 Å². The van der Waals surface area contributed by atoms with Gasteiger partial charge in [-0.1, -0.05) is 56.3 Å². The van der Waals surface area contributed by atoms with Gasteiger partial charge in [-0.3, -0.25) is 4.84 Å². The molecule has 0 amide bonds. The van der Waals surface area contributed by atoms with Crippen LogP contribution in [-0.4, -0.2) is 30.8 Å². The van der Waals surface area contributed by atoms with Crippen LogP contribution in [-0.2, 0) is 9.36 Å². The van der Waals surface area contributed by atoms with Gasteiger partial charge in [0.15, 0.2) is 0 Å². The lowest BCUT2D eigenvalue weighted by Gasteiger charge is -2.42. The largest absolute Gasteiger partial charge is 0.396 e. The molecule has 1 N–H and O–H groups in total. The monoisotopic (exact) mass is 337 g/mol.